The van der Waals surface area contributed by atoms with E-state index in [2.05, 4.69) is 57.8 Å². The highest BCUT2D eigenvalue weighted by atomic mass is 15.2. The molecule has 2 nitrogen and oxygen atoms in total. The maximum atomic E-state index is 3.71. The lowest BCUT2D eigenvalue weighted by Gasteiger charge is -2.43. The van der Waals surface area contributed by atoms with Crippen molar-refractivity contribution in [2.75, 3.05) is 19.6 Å². The molecule has 0 aromatic rings. The fourth-order valence-electron chi connectivity index (χ4n) is 2.47. The van der Waals surface area contributed by atoms with Crippen molar-refractivity contribution in [3.63, 3.8) is 0 Å². The van der Waals surface area contributed by atoms with Gasteiger partial charge in [-0.1, -0.05) is 39.3 Å². The summed E-state index contributed by atoms with van der Waals surface area (Å²) in [5, 5.41) is 3.71. The molecule has 1 fully saturated rings. The standard InChI is InChI=1S/C15H30N2/c1-11(2)7-8-17-10-14(12(3)4)16-9-15(17)13(5)6/h7,12-16H,8-10H2,1-6H3. The van der Waals surface area contributed by atoms with Gasteiger partial charge in [0.1, 0.15) is 0 Å². The van der Waals surface area contributed by atoms with Gasteiger partial charge in [-0.25, -0.2) is 0 Å². The zero-order valence-electron chi connectivity index (χ0n) is 12.5. The summed E-state index contributed by atoms with van der Waals surface area (Å²) in [6.45, 7) is 17.1. The lowest BCUT2D eigenvalue weighted by atomic mass is 9.94. The molecule has 0 aromatic carbocycles. The van der Waals surface area contributed by atoms with Crippen molar-refractivity contribution in [1.29, 1.82) is 0 Å². The molecule has 0 spiro atoms. The van der Waals surface area contributed by atoms with Crippen LogP contribution in [-0.4, -0.2) is 36.6 Å². The first kappa shape index (κ1) is 14.7. The van der Waals surface area contributed by atoms with Crippen LogP contribution in [0.15, 0.2) is 11.6 Å². The molecule has 0 aromatic heterocycles. The zero-order chi connectivity index (χ0) is 13.0. The summed E-state index contributed by atoms with van der Waals surface area (Å²) < 4.78 is 0. The molecule has 2 atom stereocenters. The number of allylic oxidation sites excluding steroid dienone is 1. The van der Waals surface area contributed by atoms with Crippen molar-refractivity contribution in [3.05, 3.63) is 11.6 Å². The molecule has 0 saturated carbocycles. The predicted molar refractivity (Wildman–Crippen MR) is 76.3 cm³/mol. The number of rotatable bonds is 4. The number of hydrogen-bond acceptors (Lipinski definition) is 2. The average Bonchev–Trinajstić information content (AvgIpc) is 2.25. The third-order valence-electron chi connectivity index (χ3n) is 3.80. The summed E-state index contributed by atoms with van der Waals surface area (Å²) in [5.41, 5.74) is 1.42. The molecule has 0 aliphatic carbocycles. The van der Waals surface area contributed by atoms with Crippen LogP contribution in [0.5, 0.6) is 0 Å². The molecule has 1 aliphatic heterocycles. The molecule has 1 aliphatic rings. The highest BCUT2D eigenvalue weighted by Crippen LogP contribution is 2.18. The second kappa shape index (κ2) is 6.55. The number of hydrogen-bond donors (Lipinski definition) is 1. The Morgan fingerprint density at radius 1 is 1.24 bits per heavy atom. The molecule has 0 radical (unpaired) electrons. The highest BCUT2D eigenvalue weighted by Gasteiger charge is 2.30. The van der Waals surface area contributed by atoms with Crippen molar-refractivity contribution in [2.45, 2.75) is 53.6 Å². The quantitative estimate of drug-likeness (QED) is 0.758. The summed E-state index contributed by atoms with van der Waals surface area (Å²) in [6, 6.07) is 1.33. The number of nitrogens with zero attached hydrogens (tertiary/aromatic N) is 1. The van der Waals surface area contributed by atoms with Crippen LogP contribution < -0.4 is 5.32 Å². The number of nitrogens with one attached hydrogen (secondary N) is 1. The van der Waals surface area contributed by atoms with Gasteiger partial charge in [-0.15, -0.1) is 0 Å². The first-order valence-corrected chi connectivity index (χ1v) is 7.02. The minimum Gasteiger partial charge on any atom is -0.311 e. The minimum atomic E-state index is 0.649. The summed E-state index contributed by atoms with van der Waals surface area (Å²) in [7, 11) is 0. The maximum Gasteiger partial charge on any atom is 0.0247 e. The second-order valence-electron chi connectivity index (χ2n) is 6.31. The monoisotopic (exact) mass is 238 g/mol. The lowest BCUT2D eigenvalue weighted by Crippen LogP contribution is -2.59. The van der Waals surface area contributed by atoms with Crippen LogP contribution in [0.2, 0.25) is 0 Å². The van der Waals surface area contributed by atoms with Gasteiger partial charge in [0.2, 0.25) is 0 Å². The van der Waals surface area contributed by atoms with Crippen LogP contribution in [0.1, 0.15) is 41.5 Å². The fourth-order valence-corrected chi connectivity index (χ4v) is 2.47. The van der Waals surface area contributed by atoms with E-state index in [1.807, 2.05) is 0 Å². The van der Waals surface area contributed by atoms with Crippen molar-refractivity contribution in [2.24, 2.45) is 11.8 Å². The molecule has 1 heterocycles. The largest absolute Gasteiger partial charge is 0.311 e. The Morgan fingerprint density at radius 3 is 2.35 bits per heavy atom. The van der Waals surface area contributed by atoms with Gasteiger partial charge in [-0.3, -0.25) is 4.90 Å². The Hall–Kier alpha value is -0.340. The molecule has 1 saturated heterocycles. The molecule has 2 unspecified atom stereocenters. The fraction of sp³-hybridized carbons (Fsp3) is 0.867. The van der Waals surface area contributed by atoms with E-state index in [4.69, 9.17) is 0 Å². The molecule has 100 valence electrons. The molecule has 1 N–H and O–H groups in total. The third-order valence-corrected chi connectivity index (χ3v) is 3.80. The molecular formula is C15H30N2. The Labute approximate surface area is 107 Å². The first-order valence-electron chi connectivity index (χ1n) is 7.02. The number of piperazine rings is 1. The molecule has 1 rings (SSSR count). The van der Waals surface area contributed by atoms with Gasteiger partial charge in [0.25, 0.3) is 0 Å². The first-order chi connectivity index (χ1) is 7.91. The van der Waals surface area contributed by atoms with Crippen LogP contribution in [0.25, 0.3) is 0 Å². The van der Waals surface area contributed by atoms with Gasteiger partial charge in [0.15, 0.2) is 0 Å². The maximum absolute atomic E-state index is 3.71. The van der Waals surface area contributed by atoms with Gasteiger partial charge in [-0.2, -0.15) is 0 Å². The van der Waals surface area contributed by atoms with E-state index in [0.717, 1.165) is 24.9 Å². The van der Waals surface area contributed by atoms with Crippen molar-refractivity contribution >= 4 is 0 Å². The zero-order valence-corrected chi connectivity index (χ0v) is 12.5. The van der Waals surface area contributed by atoms with Crippen molar-refractivity contribution in [1.82, 2.24) is 10.2 Å². The summed E-state index contributed by atoms with van der Waals surface area (Å²) in [5.74, 6) is 1.44. The normalized spacial score (nSPS) is 26.6. The van der Waals surface area contributed by atoms with Crippen LogP contribution in [0.4, 0.5) is 0 Å². The van der Waals surface area contributed by atoms with Crippen LogP contribution >= 0.6 is 0 Å². The van der Waals surface area contributed by atoms with E-state index in [-0.39, 0.29) is 0 Å². The summed E-state index contributed by atoms with van der Waals surface area (Å²) >= 11 is 0. The minimum absolute atomic E-state index is 0.649. The Balaban J connectivity index is 2.65. The molecular weight excluding hydrogens is 208 g/mol. The van der Waals surface area contributed by atoms with Crippen molar-refractivity contribution in [3.8, 4) is 0 Å². The van der Waals surface area contributed by atoms with E-state index < -0.39 is 0 Å². The highest BCUT2D eigenvalue weighted by molar-refractivity contribution is 4.98. The van der Waals surface area contributed by atoms with E-state index in [1.165, 1.54) is 12.1 Å². The summed E-state index contributed by atoms with van der Waals surface area (Å²) in [4.78, 5) is 2.65. The van der Waals surface area contributed by atoms with Crippen LogP contribution in [0.3, 0.4) is 0 Å². The molecule has 17 heavy (non-hydrogen) atoms. The Kier molecular flexibility index (Phi) is 5.68. The smallest absolute Gasteiger partial charge is 0.0247 e. The SMILES string of the molecule is CC(C)=CCN1CC(C(C)C)NCC1C(C)C. The van der Waals surface area contributed by atoms with E-state index in [0.29, 0.717) is 12.1 Å². The third kappa shape index (κ3) is 4.44. The average molecular weight is 238 g/mol. The van der Waals surface area contributed by atoms with Crippen LogP contribution in [0, 0.1) is 11.8 Å². The second-order valence-corrected chi connectivity index (χ2v) is 6.31. The Bertz CT molecular complexity index is 252. The van der Waals surface area contributed by atoms with E-state index >= 15 is 0 Å². The molecule has 2 heteroatoms. The van der Waals surface area contributed by atoms with Crippen LogP contribution in [-0.2, 0) is 0 Å². The van der Waals surface area contributed by atoms with Gasteiger partial charge in [-0.05, 0) is 25.7 Å². The van der Waals surface area contributed by atoms with Gasteiger partial charge in [0.05, 0.1) is 0 Å². The molecule has 0 amide bonds. The van der Waals surface area contributed by atoms with Gasteiger partial charge >= 0.3 is 0 Å². The van der Waals surface area contributed by atoms with E-state index in [9.17, 15) is 0 Å². The van der Waals surface area contributed by atoms with Gasteiger partial charge in [0, 0.05) is 31.7 Å². The predicted octanol–water partition coefficient (Wildman–Crippen LogP) is 2.91. The lowest BCUT2D eigenvalue weighted by molar-refractivity contribution is 0.0968. The van der Waals surface area contributed by atoms with Crippen molar-refractivity contribution < 1.29 is 0 Å². The van der Waals surface area contributed by atoms with E-state index in [1.54, 1.807) is 0 Å². The Morgan fingerprint density at radius 2 is 1.88 bits per heavy atom. The summed E-state index contributed by atoms with van der Waals surface area (Å²) in [6.07, 6.45) is 2.36. The van der Waals surface area contributed by atoms with Gasteiger partial charge < -0.3 is 5.32 Å². The topological polar surface area (TPSA) is 15.3 Å². The molecule has 0 bridgehead atoms.